The summed E-state index contributed by atoms with van der Waals surface area (Å²) in [5, 5.41) is 0. The molecule has 7 heteroatoms. The Hall–Kier alpha value is -1.44. The first kappa shape index (κ1) is 19.9. The van der Waals surface area contributed by atoms with Gasteiger partial charge in [0.05, 0.1) is 7.05 Å². The molecule has 2 aromatic carbocycles. The highest BCUT2D eigenvalue weighted by Crippen LogP contribution is 2.23. The number of nitrogens with two attached hydrogens (primary N) is 1. The molecule has 2 N–H and O–H groups in total. The van der Waals surface area contributed by atoms with Gasteiger partial charge in [0.15, 0.2) is 5.78 Å². The Kier molecular flexibility index (Phi) is 6.59. The minimum absolute atomic E-state index is 0. The third kappa shape index (κ3) is 4.40. The van der Waals surface area contributed by atoms with Crippen molar-refractivity contribution >= 4 is 43.6 Å². The molecule has 0 saturated heterocycles. The first-order valence-corrected chi connectivity index (χ1v) is 8.93. The Morgan fingerprint density at radius 3 is 2.40 bits per heavy atom. The van der Waals surface area contributed by atoms with E-state index in [9.17, 15) is 4.79 Å². The van der Waals surface area contributed by atoms with E-state index in [0.29, 0.717) is 11.5 Å². The van der Waals surface area contributed by atoms with Gasteiger partial charge in [-0.25, -0.2) is 9.13 Å². The van der Waals surface area contributed by atoms with Gasteiger partial charge in [0, 0.05) is 20.1 Å². The molecule has 0 atom stereocenters. The lowest BCUT2D eigenvalue weighted by Gasteiger charge is -2.01. The van der Waals surface area contributed by atoms with Crippen molar-refractivity contribution in [3.05, 3.63) is 69.2 Å². The Balaban J connectivity index is 0.00000225. The van der Waals surface area contributed by atoms with Crippen LogP contribution in [-0.2, 0) is 13.6 Å². The van der Waals surface area contributed by atoms with E-state index in [1.165, 1.54) is 0 Å². The molecule has 0 fully saturated rings. The van der Waals surface area contributed by atoms with Gasteiger partial charge in [0.25, 0.3) is 0 Å². The molecule has 0 aliphatic heterocycles. The lowest BCUT2D eigenvalue weighted by molar-refractivity contribution is -0.667. The van der Waals surface area contributed by atoms with Crippen LogP contribution in [0.2, 0.25) is 0 Å². The fourth-order valence-electron chi connectivity index (χ4n) is 2.57. The number of halogens is 3. The summed E-state index contributed by atoms with van der Waals surface area (Å²) in [6.45, 7) is 0.199. The zero-order valence-electron chi connectivity index (χ0n) is 13.4. The number of benzene rings is 2. The standard InChI is InChI=1S/C18H15Br2N3O.BrH/c1-22-16(12-4-2-6-14(19)8-12)10-23(18(22)21)11-17(24)13-5-3-7-15(20)9-13;/h2-10,21H,11H2,1H3;1H. The van der Waals surface area contributed by atoms with Crippen molar-refractivity contribution in [2.75, 3.05) is 5.73 Å². The summed E-state index contributed by atoms with van der Waals surface area (Å²) >= 11 is 6.87. The van der Waals surface area contributed by atoms with Crippen LogP contribution in [-0.4, -0.2) is 10.4 Å². The number of ketones is 1. The number of aromatic nitrogens is 2. The smallest absolute Gasteiger partial charge is 0.355 e. The van der Waals surface area contributed by atoms with Crippen molar-refractivity contribution in [2.45, 2.75) is 6.54 Å². The minimum Gasteiger partial charge on any atom is -1.00 e. The van der Waals surface area contributed by atoms with Crippen LogP contribution < -0.4 is 27.3 Å². The van der Waals surface area contributed by atoms with Gasteiger partial charge in [-0.1, -0.05) is 56.1 Å². The summed E-state index contributed by atoms with van der Waals surface area (Å²) < 4.78 is 5.54. The topological polar surface area (TPSA) is 51.9 Å². The molecule has 0 aliphatic carbocycles. The van der Waals surface area contributed by atoms with E-state index in [0.717, 1.165) is 20.2 Å². The van der Waals surface area contributed by atoms with Crippen molar-refractivity contribution in [3.63, 3.8) is 0 Å². The highest BCUT2D eigenvalue weighted by Gasteiger charge is 2.20. The molecule has 0 unspecified atom stereocenters. The maximum Gasteiger partial charge on any atom is 0.355 e. The zero-order valence-corrected chi connectivity index (χ0v) is 18.2. The van der Waals surface area contributed by atoms with Crippen molar-refractivity contribution in [1.29, 1.82) is 0 Å². The lowest BCUT2D eigenvalue weighted by atomic mass is 10.1. The second-order valence-corrected chi connectivity index (χ2v) is 7.33. The fourth-order valence-corrected chi connectivity index (χ4v) is 3.37. The number of nitrogens with zero attached hydrogens (tertiary/aromatic N) is 2. The van der Waals surface area contributed by atoms with Gasteiger partial charge in [-0.2, -0.15) is 0 Å². The van der Waals surface area contributed by atoms with Gasteiger partial charge < -0.3 is 17.0 Å². The predicted octanol–water partition coefficient (Wildman–Crippen LogP) is 0.974. The van der Waals surface area contributed by atoms with Gasteiger partial charge >= 0.3 is 5.95 Å². The minimum atomic E-state index is 0. The summed E-state index contributed by atoms with van der Waals surface area (Å²) in [5.74, 6) is 0.549. The summed E-state index contributed by atoms with van der Waals surface area (Å²) in [7, 11) is 1.89. The lowest BCUT2D eigenvalue weighted by Crippen LogP contribution is -3.00. The SMILES string of the molecule is Cn1c(-c2cccc(Br)c2)c[n+](CC(=O)c2cccc(Br)c2)c1N.[Br-]. The first-order chi connectivity index (χ1) is 11.5. The quantitative estimate of drug-likeness (QED) is 0.405. The van der Waals surface area contributed by atoms with Gasteiger partial charge in [-0.3, -0.25) is 10.5 Å². The highest BCUT2D eigenvalue weighted by atomic mass is 79.9. The monoisotopic (exact) mass is 527 g/mol. The van der Waals surface area contributed by atoms with E-state index in [1.54, 1.807) is 4.57 Å². The first-order valence-electron chi connectivity index (χ1n) is 7.35. The average molecular weight is 530 g/mol. The summed E-state index contributed by atoms with van der Waals surface area (Å²) in [6.07, 6.45) is 1.91. The number of carbonyl (C=O) groups excluding carboxylic acids is 1. The van der Waals surface area contributed by atoms with Gasteiger partial charge in [0.2, 0.25) is 0 Å². The van der Waals surface area contributed by atoms with Crippen molar-refractivity contribution in [1.82, 2.24) is 4.57 Å². The van der Waals surface area contributed by atoms with Crippen LogP contribution in [0.25, 0.3) is 11.3 Å². The number of imidazole rings is 1. The van der Waals surface area contributed by atoms with Crippen LogP contribution in [0.5, 0.6) is 0 Å². The van der Waals surface area contributed by atoms with Gasteiger partial charge in [-0.05, 0) is 24.3 Å². The molecule has 130 valence electrons. The second-order valence-electron chi connectivity index (χ2n) is 5.50. The molecular weight excluding hydrogens is 514 g/mol. The molecule has 1 heterocycles. The third-order valence-electron chi connectivity index (χ3n) is 3.86. The van der Waals surface area contributed by atoms with E-state index < -0.39 is 0 Å². The highest BCUT2D eigenvalue weighted by molar-refractivity contribution is 9.10. The molecule has 0 saturated carbocycles. The Labute approximate surface area is 173 Å². The molecule has 0 radical (unpaired) electrons. The molecule has 0 amide bonds. The zero-order chi connectivity index (χ0) is 17.3. The van der Waals surface area contributed by atoms with Crippen LogP contribution in [0.3, 0.4) is 0 Å². The Bertz CT molecular complexity index is 922. The molecule has 0 aliphatic rings. The number of rotatable bonds is 4. The molecule has 0 spiro atoms. The number of hydrogen-bond acceptors (Lipinski definition) is 2. The van der Waals surface area contributed by atoms with E-state index in [1.807, 2.05) is 66.3 Å². The summed E-state index contributed by atoms with van der Waals surface area (Å²) in [6, 6.07) is 15.4. The van der Waals surface area contributed by atoms with E-state index in [4.69, 9.17) is 5.73 Å². The molecule has 25 heavy (non-hydrogen) atoms. The Morgan fingerprint density at radius 1 is 1.12 bits per heavy atom. The van der Waals surface area contributed by atoms with Crippen molar-refractivity contribution < 1.29 is 26.3 Å². The maximum absolute atomic E-state index is 12.5. The maximum atomic E-state index is 12.5. The molecule has 0 bridgehead atoms. The van der Waals surface area contributed by atoms with Gasteiger partial charge in [-0.15, -0.1) is 0 Å². The van der Waals surface area contributed by atoms with Crippen LogP contribution in [0.1, 0.15) is 10.4 Å². The largest absolute Gasteiger partial charge is 1.00 e. The molecule has 3 aromatic rings. The predicted molar refractivity (Wildman–Crippen MR) is 102 cm³/mol. The Morgan fingerprint density at radius 2 is 1.76 bits per heavy atom. The average Bonchev–Trinajstić information content (AvgIpc) is 2.83. The van der Waals surface area contributed by atoms with Crippen LogP contribution in [0.15, 0.2) is 63.7 Å². The van der Waals surface area contributed by atoms with Crippen molar-refractivity contribution in [2.24, 2.45) is 7.05 Å². The summed E-state index contributed by atoms with van der Waals surface area (Å²) in [5.41, 5.74) is 8.83. The summed E-state index contributed by atoms with van der Waals surface area (Å²) in [4.78, 5) is 12.5. The fraction of sp³-hybridized carbons (Fsp3) is 0.111. The number of carbonyl (C=O) groups is 1. The third-order valence-corrected chi connectivity index (χ3v) is 4.84. The number of hydrogen-bond donors (Lipinski definition) is 1. The number of Topliss-reactive ketones (excluding diaryl/α,β-unsaturated/α-hetero) is 1. The number of nitrogen functional groups attached to an aromatic ring is 1. The normalized spacial score (nSPS) is 10.4. The molecule has 3 rings (SSSR count). The van der Waals surface area contributed by atoms with E-state index in [-0.39, 0.29) is 29.3 Å². The molecular formula is C18H16Br3N3O. The molecule has 1 aromatic heterocycles. The van der Waals surface area contributed by atoms with Crippen LogP contribution in [0, 0.1) is 0 Å². The second kappa shape index (κ2) is 8.29. The number of anilines is 1. The van der Waals surface area contributed by atoms with E-state index in [2.05, 4.69) is 31.9 Å². The van der Waals surface area contributed by atoms with Crippen molar-refractivity contribution in [3.8, 4) is 11.3 Å². The van der Waals surface area contributed by atoms with Crippen LogP contribution >= 0.6 is 31.9 Å². The van der Waals surface area contributed by atoms with Crippen LogP contribution in [0.4, 0.5) is 5.95 Å². The van der Waals surface area contributed by atoms with Gasteiger partial charge in [0.1, 0.15) is 18.4 Å². The molecule has 4 nitrogen and oxygen atoms in total. The van der Waals surface area contributed by atoms with E-state index >= 15 is 0 Å².